The monoisotopic (exact) mass is 337 g/mol. The first kappa shape index (κ1) is 17.0. The van der Waals surface area contributed by atoms with E-state index in [4.69, 9.17) is 16.3 Å². The lowest BCUT2D eigenvalue weighted by molar-refractivity contribution is -0.167. The van der Waals surface area contributed by atoms with Crippen LogP contribution in [0, 0.1) is 6.92 Å². The lowest BCUT2D eigenvalue weighted by atomic mass is 9.97. The normalized spacial score (nSPS) is 16.4. The van der Waals surface area contributed by atoms with Crippen molar-refractivity contribution in [3.05, 3.63) is 59.7 Å². The standard InChI is InChI=1S/C19H23N5O/c1-13-15(10-7-11-16(13)14-8-5-4-6-9-14)12-25-24-18(21)22-17(20)23-19(24,2)3/h4-11H,12H2,1-3H3,(H4,20,21,22,23). The van der Waals surface area contributed by atoms with Gasteiger partial charge < -0.3 is 11.5 Å². The van der Waals surface area contributed by atoms with Gasteiger partial charge in [-0.15, -0.1) is 0 Å². The molecule has 3 rings (SSSR count). The number of nitrogens with two attached hydrogens (primary N) is 2. The van der Waals surface area contributed by atoms with E-state index in [2.05, 4.69) is 35.1 Å². The molecule has 130 valence electrons. The molecule has 0 unspecified atom stereocenters. The van der Waals surface area contributed by atoms with E-state index in [1.165, 1.54) is 21.8 Å². The van der Waals surface area contributed by atoms with Gasteiger partial charge in [-0.05, 0) is 43.0 Å². The van der Waals surface area contributed by atoms with Crippen molar-refractivity contribution in [1.82, 2.24) is 5.06 Å². The van der Waals surface area contributed by atoms with Gasteiger partial charge in [0, 0.05) is 0 Å². The molecule has 0 aliphatic carbocycles. The molecule has 0 aromatic heterocycles. The number of guanidine groups is 2. The molecule has 0 fully saturated rings. The molecule has 1 aliphatic rings. The van der Waals surface area contributed by atoms with E-state index in [-0.39, 0.29) is 11.9 Å². The molecular formula is C19H23N5O. The van der Waals surface area contributed by atoms with Crippen LogP contribution in [0.4, 0.5) is 0 Å². The molecule has 6 nitrogen and oxygen atoms in total. The number of hydrogen-bond acceptors (Lipinski definition) is 6. The second kappa shape index (κ2) is 6.57. The third kappa shape index (κ3) is 3.49. The molecule has 0 saturated heterocycles. The molecule has 1 heterocycles. The van der Waals surface area contributed by atoms with Crippen LogP contribution >= 0.6 is 0 Å². The Kier molecular flexibility index (Phi) is 4.46. The van der Waals surface area contributed by atoms with Crippen LogP contribution < -0.4 is 11.5 Å². The van der Waals surface area contributed by atoms with E-state index in [1.54, 1.807) is 0 Å². The van der Waals surface area contributed by atoms with Crippen molar-refractivity contribution in [2.45, 2.75) is 33.0 Å². The maximum Gasteiger partial charge on any atom is 0.226 e. The lowest BCUT2D eigenvalue weighted by Crippen LogP contribution is -2.53. The predicted molar refractivity (Wildman–Crippen MR) is 101 cm³/mol. The molecule has 0 amide bonds. The molecule has 2 aromatic rings. The molecule has 0 saturated carbocycles. The summed E-state index contributed by atoms with van der Waals surface area (Å²) in [4.78, 5) is 14.2. The molecular weight excluding hydrogens is 314 g/mol. The smallest absolute Gasteiger partial charge is 0.226 e. The van der Waals surface area contributed by atoms with Gasteiger partial charge in [0.2, 0.25) is 11.9 Å². The summed E-state index contributed by atoms with van der Waals surface area (Å²) in [5.74, 6) is 0.360. The van der Waals surface area contributed by atoms with Gasteiger partial charge in [-0.3, -0.25) is 4.84 Å². The van der Waals surface area contributed by atoms with Gasteiger partial charge in [0.15, 0.2) is 5.66 Å². The second-order valence-corrected chi connectivity index (χ2v) is 6.46. The van der Waals surface area contributed by atoms with E-state index in [1.807, 2.05) is 44.2 Å². The SMILES string of the molecule is Cc1c(CON2C(N)=NC(N)=NC2(C)C)cccc1-c1ccccc1. The fourth-order valence-electron chi connectivity index (χ4n) is 2.92. The minimum Gasteiger partial charge on any atom is -0.368 e. The second-order valence-electron chi connectivity index (χ2n) is 6.46. The zero-order valence-corrected chi connectivity index (χ0v) is 14.7. The Hall–Kier alpha value is -2.86. The highest BCUT2D eigenvalue weighted by Gasteiger charge is 2.33. The van der Waals surface area contributed by atoms with Gasteiger partial charge in [-0.1, -0.05) is 48.5 Å². The Morgan fingerprint density at radius 1 is 1.04 bits per heavy atom. The minimum atomic E-state index is -0.707. The van der Waals surface area contributed by atoms with E-state index in [0.29, 0.717) is 6.61 Å². The minimum absolute atomic E-state index is 0.157. The van der Waals surface area contributed by atoms with Gasteiger partial charge in [-0.2, -0.15) is 10.1 Å². The first-order valence-electron chi connectivity index (χ1n) is 8.15. The molecule has 0 atom stereocenters. The summed E-state index contributed by atoms with van der Waals surface area (Å²) in [7, 11) is 0. The van der Waals surface area contributed by atoms with Crippen LogP contribution in [0.1, 0.15) is 25.0 Å². The van der Waals surface area contributed by atoms with Crippen molar-refractivity contribution in [3.8, 4) is 11.1 Å². The van der Waals surface area contributed by atoms with Crippen LogP contribution in [0.15, 0.2) is 58.5 Å². The highest BCUT2D eigenvalue weighted by Crippen LogP contribution is 2.27. The average Bonchev–Trinajstić information content (AvgIpc) is 2.55. The van der Waals surface area contributed by atoms with Crippen LogP contribution in [0.25, 0.3) is 11.1 Å². The summed E-state index contributed by atoms with van der Waals surface area (Å²) in [6, 6.07) is 16.5. The van der Waals surface area contributed by atoms with Crippen molar-refractivity contribution >= 4 is 11.9 Å². The number of hydroxylamine groups is 2. The molecule has 2 aromatic carbocycles. The Balaban J connectivity index is 1.82. The highest BCUT2D eigenvalue weighted by atomic mass is 16.7. The maximum absolute atomic E-state index is 5.96. The molecule has 6 heteroatoms. The van der Waals surface area contributed by atoms with Gasteiger partial charge >= 0.3 is 0 Å². The number of nitrogens with zero attached hydrogens (tertiary/aromatic N) is 3. The predicted octanol–water partition coefficient (Wildman–Crippen LogP) is 2.77. The molecule has 1 aliphatic heterocycles. The number of rotatable bonds is 4. The number of benzene rings is 2. The summed E-state index contributed by atoms with van der Waals surface area (Å²) < 4.78 is 0. The molecule has 0 spiro atoms. The highest BCUT2D eigenvalue weighted by molar-refractivity contribution is 5.95. The summed E-state index contributed by atoms with van der Waals surface area (Å²) in [5, 5.41) is 1.50. The van der Waals surface area contributed by atoms with E-state index in [9.17, 15) is 0 Å². The molecule has 0 radical (unpaired) electrons. The van der Waals surface area contributed by atoms with Crippen molar-refractivity contribution in [3.63, 3.8) is 0 Å². The van der Waals surface area contributed by atoms with Crippen LogP contribution in [0.2, 0.25) is 0 Å². The first-order valence-corrected chi connectivity index (χ1v) is 8.15. The summed E-state index contributed by atoms with van der Waals surface area (Å²) in [5.41, 5.74) is 15.5. The van der Waals surface area contributed by atoms with Gasteiger partial charge in [0.25, 0.3) is 0 Å². The van der Waals surface area contributed by atoms with Crippen molar-refractivity contribution in [1.29, 1.82) is 0 Å². The first-order chi connectivity index (χ1) is 11.9. The van der Waals surface area contributed by atoms with Crippen LogP contribution in [-0.2, 0) is 11.4 Å². The molecule has 25 heavy (non-hydrogen) atoms. The molecule has 4 N–H and O–H groups in total. The quantitative estimate of drug-likeness (QED) is 0.898. The summed E-state index contributed by atoms with van der Waals surface area (Å²) in [6.45, 7) is 6.20. The summed E-state index contributed by atoms with van der Waals surface area (Å²) >= 11 is 0. The fourth-order valence-corrected chi connectivity index (χ4v) is 2.92. The van der Waals surface area contributed by atoms with Crippen molar-refractivity contribution in [2.24, 2.45) is 21.5 Å². The Labute approximate surface area is 147 Å². The van der Waals surface area contributed by atoms with E-state index < -0.39 is 5.66 Å². The maximum atomic E-state index is 5.96. The van der Waals surface area contributed by atoms with Crippen LogP contribution in [-0.4, -0.2) is 22.6 Å². The van der Waals surface area contributed by atoms with Crippen LogP contribution in [0.3, 0.4) is 0 Å². The van der Waals surface area contributed by atoms with E-state index >= 15 is 0 Å². The topological polar surface area (TPSA) is 89.2 Å². The lowest BCUT2D eigenvalue weighted by Gasteiger charge is -2.36. The van der Waals surface area contributed by atoms with Gasteiger partial charge in [0.05, 0.1) is 0 Å². The Morgan fingerprint density at radius 3 is 2.44 bits per heavy atom. The zero-order valence-electron chi connectivity index (χ0n) is 14.7. The third-order valence-electron chi connectivity index (χ3n) is 4.20. The zero-order chi connectivity index (χ0) is 18.0. The number of hydrogen-bond donors (Lipinski definition) is 2. The van der Waals surface area contributed by atoms with Gasteiger partial charge in [-0.25, -0.2) is 4.99 Å². The van der Waals surface area contributed by atoms with Crippen molar-refractivity contribution in [2.75, 3.05) is 0 Å². The largest absolute Gasteiger partial charge is 0.368 e. The Bertz CT molecular complexity index is 827. The van der Waals surface area contributed by atoms with Gasteiger partial charge in [0.1, 0.15) is 6.61 Å². The fraction of sp³-hybridized carbons (Fsp3) is 0.263. The van der Waals surface area contributed by atoms with Crippen LogP contribution in [0.5, 0.6) is 0 Å². The van der Waals surface area contributed by atoms with Crippen molar-refractivity contribution < 1.29 is 4.84 Å². The number of aliphatic imine (C=N–C) groups is 2. The average molecular weight is 337 g/mol. The Morgan fingerprint density at radius 2 is 1.76 bits per heavy atom. The summed E-state index contributed by atoms with van der Waals surface area (Å²) in [6.07, 6.45) is 0. The molecule has 0 bridgehead atoms. The van der Waals surface area contributed by atoms with E-state index in [0.717, 1.165) is 5.56 Å². The third-order valence-corrected chi connectivity index (χ3v) is 4.20.